The van der Waals surface area contributed by atoms with Crippen molar-refractivity contribution in [3.05, 3.63) is 0 Å². The summed E-state index contributed by atoms with van der Waals surface area (Å²) >= 11 is 0. The summed E-state index contributed by atoms with van der Waals surface area (Å²) in [7, 11) is 0. The maximum atomic E-state index is 8.89. The standard InChI is InChI=1S/C10H20N4O4/c15-7-9(11-17)5-13-1-2-14(4-3-13)6-10(8-16)12-18/h15-18H,1-8H2/b11-9-,12-10-. The van der Waals surface area contributed by atoms with E-state index in [0.717, 1.165) is 26.2 Å². The summed E-state index contributed by atoms with van der Waals surface area (Å²) in [5.74, 6) is 0. The van der Waals surface area contributed by atoms with E-state index in [0.29, 0.717) is 24.5 Å². The van der Waals surface area contributed by atoms with E-state index in [1.165, 1.54) is 0 Å². The Morgan fingerprint density at radius 1 is 0.778 bits per heavy atom. The highest BCUT2D eigenvalue weighted by Crippen LogP contribution is 2.02. The van der Waals surface area contributed by atoms with E-state index in [2.05, 4.69) is 20.1 Å². The fourth-order valence-electron chi connectivity index (χ4n) is 1.85. The molecule has 1 aliphatic heterocycles. The molecule has 0 aromatic carbocycles. The molecule has 1 rings (SSSR count). The van der Waals surface area contributed by atoms with Crippen LogP contribution in [0.15, 0.2) is 10.3 Å². The molecular weight excluding hydrogens is 240 g/mol. The highest BCUT2D eigenvalue weighted by molar-refractivity contribution is 5.87. The van der Waals surface area contributed by atoms with Crippen molar-refractivity contribution in [2.45, 2.75) is 0 Å². The van der Waals surface area contributed by atoms with Gasteiger partial charge in [0.1, 0.15) is 0 Å². The first-order chi connectivity index (χ1) is 8.73. The SMILES string of the molecule is OC/C(CN1CCN(C/C(CO)=N/O)CC1)=N\O. The minimum absolute atomic E-state index is 0.247. The molecule has 8 nitrogen and oxygen atoms in total. The monoisotopic (exact) mass is 260 g/mol. The van der Waals surface area contributed by atoms with E-state index in [9.17, 15) is 0 Å². The molecule has 1 fully saturated rings. The Kier molecular flexibility index (Phi) is 6.58. The molecule has 1 aliphatic rings. The maximum absolute atomic E-state index is 8.89. The fourth-order valence-corrected chi connectivity index (χ4v) is 1.85. The number of nitrogens with zero attached hydrogens (tertiary/aromatic N) is 4. The van der Waals surface area contributed by atoms with Gasteiger partial charge in [-0.1, -0.05) is 10.3 Å². The van der Waals surface area contributed by atoms with Crippen LogP contribution in [0, 0.1) is 0 Å². The molecule has 0 spiro atoms. The molecule has 18 heavy (non-hydrogen) atoms. The first-order valence-corrected chi connectivity index (χ1v) is 5.79. The van der Waals surface area contributed by atoms with Crippen LogP contribution in [-0.4, -0.2) is 94.3 Å². The normalized spacial score (nSPS) is 20.3. The van der Waals surface area contributed by atoms with Crippen LogP contribution in [-0.2, 0) is 0 Å². The minimum Gasteiger partial charge on any atom is -0.411 e. The zero-order valence-corrected chi connectivity index (χ0v) is 10.2. The molecule has 0 radical (unpaired) electrons. The number of hydrogen-bond donors (Lipinski definition) is 4. The number of aliphatic hydroxyl groups excluding tert-OH is 2. The van der Waals surface area contributed by atoms with E-state index in [1.54, 1.807) is 0 Å². The summed E-state index contributed by atoms with van der Waals surface area (Å²) in [5.41, 5.74) is 0.688. The van der Waals surface area contributed by atoms with Crippen molar-refractivity contribution in [1.29, 1.82) is 0 Å². The molecule has 1 saturated heterocycles. The average molecular weight is 260 g/mol. The Morgan fingerprint density at radius 2 is 1.11 bits per heavy atom. The third kappa shape index (κ3) is 4.57. The van der Waals surface area contributed by atoms with Crippen molar-refractivity contribution in [3.8, 4) is 0 Å². The van der Waals surface area contributed by atoms with Crippen LogP contribution in [0.3, 0.4) is 0 Å². The molecule has 8 heteroatoms. The lowest BCUT2D eigenvalue weighted by Crippen LogP contribution is -2.49. The summed E-state index contributed by atoms with van der Waals surface area (Å²) in [6.07, 6.45) is 0. The molecule has 4 N–H and O–H groups in total. The van der Waals surface area contributed by atoms with Gasteiger partial charge in [0, 0.05) is 39.3 Å². The molecule has 0 aromatic heterocycles. The number of aliphatic hydroxyl groups is 2. The second kappa shape index (κ2) is 7.98. The summed E-state index contributed by atoms with van der Waals surface area (Å²) in [6.45, 7) is 3.47. The predicted molar refractivity (Wildman–Crippen MR) is 65.5 cm³/mol. The summed E-state index contributed by atoms with van der Waals surface area (Å²) < 4.78 is 0. The van der Waals surface area contributed by atoms with Gasteiger partial charge >= 0.3 is 0 Å². The topological polar surface area (TPSA) is 112 Å². The molecular formula is C10H20N4O4. The van der Waals surface area contributed by atoms with Gasteiger partial charge in [-0.2, -0.15) is 0 Å². The zero-order chi connectivity index (χ0) is 13.4. The van der Waals surface area contributed by atoms with Gasteiger partial charge in [-0.15, -0.1) is 0 Å². The van der Waals surface area contributed by atoms with Crippen molar-refractivity contribution in [1.82, 2.24) is 9.80 Å². The second-order valence-corrected chi connectivity index (χ2v) is 4.20. The molecule has 0 atom stereocenters. The van der Waals surface area contributed by atoms with E-state index in [4.69, 9.17) is 20.6 Å². The lowest BCUT2D eigenvalue weighted by molar-refractivity contribution is 0.155. The van der Waals surface area contributed by atoms with Gasteiger partial charge in [0.25, 0.3) is 0 Å². The van der Waals surface area contributed by atoms with Gasteiger partial charge in [0.15, 0.2) is 0 Å². The molecule has 0 saturated carbocycles. The minimum atomic E-state index is -0.247. The molecule has 0 unspecified atom stereocenters. The second-order valence-electron chi connectivity index (χ2n) is 4.20. The van der Waals surface area contributed by atoms with Gasteiger partial charge in [-0.3, -0.25) is 9.80 Å². The van der Waals surface area contributed by atoms with Gasteiger partial charge < -0.3 is 20.6 Å². The van der Waals surface area contributed by atoms with Crippen molar-refractivity contribution < 1.29 is 20.6 Å². The van der Waals surface area contributed by atoms with Gasteiger partial charge in [-0.05, 0) is 0 Å². The average Bonchev–Trinajstić information content (AvgIpc) is 2.43. The van der Waals surface area contributed by atoms with Crippen molar-refractivity contribution >= 4 is 11.4 Å². The smallest absolute Gasteiger partial charge is 0.0964 e. The van der Waals surface area contributed by atoms with E-state index >= 15 is 0 Å². The quantitative estimate of drug-likeness (QED) is 0.256. The Bertz CT molecular complexity index is 270. The van der Waals surface area contributed by atoms with E-state index < -0.39 is 0 Å². The molecule has 0 amide bonds. The molecule has 1 heterocycles. The summed E-state index contributed by atoms with van der Waals surface area (Å²) in [4.78, 5) is 4.13. The van der Waals surface area contributed by atoms with Crippen LogP contribution in [0.5, 0.6) is 0 Å². The van der Waals surface area contributed by atoms with Gasteiger partial charge in [0.05, 0.1) is 24.6 Å². The predicted octanol–water partition coefficient (Wildman–Crippen LogP) is -1.75. The van der Waals surface area contributed by atoms with Crippen molar-refractivity contribution in [2.24, 2.45) is 10.3 Å². The lowest BCUT2D eigenvalue weighted by Gasteiger charge is -2.34. The van der Waals surface area contributed by atoms with Crippen LogP contribution >= 0.6 is 0 Å². The number of piperazine rings is 1. The first kappa shape index (κ1) is 14.8. The van der Waals surface area contributed by atoms with Gasteiger partial charge in [0.2, 0.25) is 0 Å². The highest BCUT2D eigenvalue weighted by atomic mass is 16.4. The number of oxime groups is 2. The summed E-state index contributed by atoms with van der Waals surface area (Å²) in [5, 5.41) is 41.0. The molecule has 0 bridgehead atoms. The van der Waals surface area contributed by atoms with E-state index in [1.807, 2.05) is 0 Å². The van der Waals surface area contributed by atoms with Crippen LogP contribution in [0.1, 0.15) is 0 Å². The van der Waals surface area contributed by atoms with Crippen LogP contribution in [0.25, 0.3) is 0 Å². The van der Waals surface area contributed by atoms with Crippen LogP contribution in [0.4, 0.5) is 0 Å². The number of hydrogen-bond acceptors (Lipinski definition) is 8. The summed E-state index contributed by atoms with van der Waals surface area (Å²) in [6, 6.07) is 0. The van der Waals surface area contributed by atoms with Crippen molar-refractivity contribution in [2.75, 3.05) is 52.5 Å². The Labute approximate surface area is 105 Å². The number of rotatable bonds is 6. The van der Waals surface area contributed by atoms with Crippen LogP contribution in [0.2, 0.25) is 0 Å². The largest absolute Gasteiger partial charge is 0.411 e. The van der Waals surface area contributed by atoms with Crippen LogP contribution < -0.4 is 0 Å². The Hall–Kier alpha value is -1.22. The molecule has 104 valence electrons. The Balaban J connectivity index is 2.32. The fraction of sp³-hybridized carbons (Fsp3) is 0.800. The third-order valence-corrected chi connectivity index (χ3v) is 2.93. The van der Waals surface area contributed by atoms with E-state index in [-0.39, 0.29) is 13.2 Å². The van der Waals surface area contributed by atoms with Crippen molar-refractivity contribution in [3.63, 3.8) is 0 Å². The highest BCUT2D eigenvalue weighted by Gasteiger charge is 2.19. The Morgan fingerprint density at radius 3 is 1.33 bits per heavy atom. The zero-order valence-electron chi connectivity index (χ0n) is 10.2. The maximum Gasteiger partial charge on any atom is 0.0964 e. The molecule has 0 aromatic rings. The first-order valence-electron chi connectivity index (χ1n) is 5.79. The molecule has 0 aliphatic carbocycles. The lowest BCUT2D eigenvalue weighted by atomic mass is 10.2. The third-order valence-electron chi connectivity index (χ3n) is 2.93. The van der Waals surface area contributed by atoms with Gasteiger partial charge in [-0.25, -0.2) is 0 Å².